The summed E-state index contributed by atoms with van der Waals surface area (Å²) in [7, 11) is 0. The molecule has 3 atom stereocenters. The Kier molecular flexibility index (Phi) is 3.41. The molecule has 0 saturated carbocycles. The van der Waals surface area contributed by atoms with Crippen LogP contribution in [0.25, 0.3) is 0 Å². The molecule has 17 heavy (non-hydrogen) atoms. The molecular weight excluding hydrogens is 216 g/mol. The van der Waals surface area contributed by atoms with E-state index in [1.165, 1.54) is 12.0 Å². The minimum atomic E-state index is -0.0573. The van der Waals surface area contributed by atoms with Crippen LogP contribution in [-0.4, -0.2) is 25.1 Å². The standard InChI is InChI=1S/C14H18O3/c1-2-5-11(6-3-1)9-16-14-8-4-7-12(17-14)13-10-15-13/h1-3,5-6,12-14H,4,7-10H2/t12-,13-,14?/m1/s1. The van der Waals surface area contributed by atoms with Crippen LogP contribution in [0.4, 0.5) is 0 Å². The normalized spacial score (nSPS) is 32.4. The molecule has 0 radical (unpaired) electrons. The van der Waals surface area contributed by atoms with E-state index in [4.69, 9.17) is 14.2 Å². The molecule has 0 spiro atoms. The molecule has 3 rings (SSSR count). The van der Waals surface area contributed by atoms with Gasteiger partial charge in [-0.3, -0.25) is 0 Å². The second kappa shape index (κ2) is 5.17. The molecule has 1 unspecified atom stereocenters. The minimum absolute atomic E-state index is 0.0573. The number of ether oxygens (including phenoxy) is 3. The van der Waals surface area contributed by atoms with Crippen molar-refractivity contribution in [2.24, 2.45) is 0 Å². The van der Waals surface area contributed by atoms with Crippen LogP contribution in [0.5, 0.6) is 0 Å². The van der Waals surface area contributed by atoms with Crippen molar-refractivity contribution in [3.8, 4) is 0 Å². The van der Waals surface area contributed by atoms with Gasteiger partial charge in [-0.25, -0.2) is 0 Å². The zero-order valence-corrected chi connectivity index (χ0v) is 9.88. The third kappa shape index (κ3) is 3.06. The molecule has 0 N–H and O–H groups in total. The van der Waals surface area contributed by atoms with Crippen LogP contribution in [0.1, 0.15) is 24.8 Å². The van der Waals surface area contributed by atoms with E-state index in [1.807, 2.05) is 18.2 Å². The second-order valence-corrected chi connectivity index (χ2v) is 4.70. The molecule has 0 aliphatic carbocycles. The molecule has 2 aliphatic heterocycles. The van der Waals surface area contributed by atoms with Crippen LogP contribution in [0.15, 0.2) is 30.3 Å². The Hall–Kier alpha value is -0.900. The van der Waals surface area contributed by atoms with Gasteiger partial charge in [-0.2, -0.15) is 0 Å². The first kappa shape index (κ1) is 11.2. The Balaban J connectivity index is 1.48. The lowest BCUT2D eigenvalue weighted by Crippen LogP contribution is -2.33. The first-order valence-corrected chi connectivity index (χ1v) is 6.34. The first-order chi connectivity index (χ1) is 8.42. The largest absolute Gasteiger partial charge is 0.370 e. The van der Waals surface area contributed by atoms with Crippen molar-refractivity contribution in [1.82, 2.24) is 0 Å². The average molecular weight is 234 g/mol. The molecule has 2 fully saturated rings. The lowest BCUT2D eigenvalue weighted by molar-refractivity contribution is -0.203. The van der Waals surface area contributed by atoms with Gasteiger partial charge in [0.05, 0.1) is 19.3 Å². The predicted octanol–water partition coefficient (Wildman–Crippen LogP) is 2.50. The van der Waals surface area contributed by atoms with Crippen molar-refractivity contribution in [3.63, 3.8) is 0 Å². The van der Waals surface area contributed by atoms with Crippen LogP contribution in [-0.2, 0) is 20.8 Å². The molecule has 2 heterocycles. The summed E-state index contributed by atoms with van der Waals surface area (Å²) in [6.45, 7) is 1.49. The van der Waals surface area contributed by atoms with Crippen molar-refractivity contribution in [1.29, 1.82) is 0 Å². The number of hydrogen-bond acceptors (Lipinski definition) is 3. The maximum atomic E-state index is 5.88. The van der Waals surface area contributed by atoms with Gasteiger partial charge >= 0.3 is 0 Å². The highest BCUT2D eigenvalue weighted by molar-refractivity contribution is 5.13. The third-order valence-electron chi connectivity index (χ3n) is 3.31. The van der Waals surface area contributed by atoms with E-state index in [-0.39, 0.29) is 12.4 Å². The van der Waals surface area contributed by atoms with E-state index in [9.17, 15) is 0 Å². The average Bonchev–Trinajstić information content (AvgIpc) is 3.22. The van der Waals surface area contributed by atoms with Gasteiger partial charge in [0, 0.05) is 0 Å². The Morgan fingerprint density at radius 2 is 1.94 bits per heavy atom. The summed E-state index contributed by atoms with van der Waals surface area (Å²) in [6, 6.07) is 10.2. The molecular formula is C14H18O3. The summed E-state index contributed by atoms with van der Waals surface area (Å²) in [5.74, 6) is 0. The van der Waals surface area contributed by atoms with E-state index >= 15 is 0 Å². The fraction of sp³-hybridized carbons (Fsp3) is 0.571. The summed E-state index contributed by atoms with van der Waals surface area (Å²) in [6.07, 6.45) is 3.80. The highest BCUT2D eigenvalue weighted by Gasteiger charge is 2.37. The van der Waals surface area contributed by atoms with Crippen LogP contribution >= 0.6 is 0 Å². The predicted molar refractivity (Wildman–Crippen MR) is 63.5 cm³/mol. The quantitative estimate of drug-likeness (QED) is 0.750. The smallest absolute Gasteiger partial charge is 0.158 e. The Bertz CT molecular complexity index is 348. The van der Waals surface area contributed by atoms with Crippen LogP contribution in [0.2, 0.25) is 0 Å². The van der Waals surface area contributed by atoms with Crippen LogP contribution < -0.4 is 0 Å². The van der Waals surface area contributed by atoms with E-state index in [0.717, 1.165) is 19.4 Å². The number of rotatable bonds is 4. The molecule has 0 amide bonds. The molecule has 0 bridgehead atoms. The molecule has 1 aromatic carbocycles. The van der Waals surface area contributed by atoms with E-state index in [0.29, 0.717) is 12.7 Å². The number of benzene rings is 1. The van der Waals surface area contributed by atoms with Gasteiger partial charge in [0.1, 0.15) is 6.10 Å². The molecule has 3 nitrogen and oxygen atoms in total. The van der Waals surface area contributed by atoms with E-state index in [2.05, 4.69) is 12.1 Å². The summed E-state index contributed by atoms with van der Waals surface area (Å²) in [4.78, 5) is 0. The maximum Gasteiger partial charge on any atom is 0.158 e. The summed E-state index contributed by atoms with van der Waals surface area (Å²) < 4.78 is 17.0. The molecule has 92 valence electrons. The topological polar surface area (TPSA) is 31.0 Å². The van der Waals surface area contributed by atoms with Gasteiger partial charge in [0.25, 0.3) is 0 Å². The Morgan fingerprint density at radius 1 is 1.12 bits per heavy atom. The lowest BCUT2D eigenvalue weighted by Gasteiger charge is -2.29. The van der Waals surface area contributed by atoms with Crippen molar-refractivity contribution >= 4 is 0 Å². The van der Waals surface area contributed by atoms with Crippen LogP contribution in [0.3, 0.4) is 0 Å². The second-order valence-electron chi connectivity index (χ2n) is 4.70. The molecule has 3 heteroatoms. The van der Waals surface area contributed by atoms with Gasteiger partial charge in [0.2, 0.25) is 0 Å². The van der Waals surface area contributed by atoms with Gasteiger partial charge in [-0.15, -0.1) is 0 Å². The van der Waals surface area contributed by atoms with Crippen LogP contribution in [0, 0.1) is 0 Å². The Labute approximate surface area is 102 Å². The summed E-state index contributed by atoms with van der Waals surface area (Å²) in [5, 5.41) is 0. The highest BCUT2D eigenvalue weighted by Crippen LogP contribution is 2.28. The van der Waals surface area contributed by atoms with Crippen molar-refractivity contribution < 1.29 is 14.2 Å². The van der Waals surface area contributed by atoms with Crippen molar-refractivity contribution in [2.45, 2.75) is 44.4 Å². The lowest BCUT2D eigenvalue weighted by atomic mass is 10.1. The minimum Gasteiger partial charge on any atom is -0.370 e. The van der Waals surface area contributed by atoms with Crippen molar-refractivity contribution in [3.05, 3.63) is 35.9 Å². The maximum absolute atomic E-state index is 5.88. The molecule has 2 aliphatic rings. The van der Waals surface area contributed by atoms with Gasteiger partial charge in [-0.1, -0.05) is 30.3 Å². The summed E-state index contributed by atoms with van der Waals surface area (Å²) >= 11 is 0. The zero-order valence-electron chi connectivity index (χ0n) is 9.88. The van der Waals surface area contributed by atoms with Gasteiger partial charge < -0.3 is 14.2 Å². The molecule has 1 aromatic rings. The van der Waals surface area contributed by atoms with Gasteiger partial charge in [-0.05, 0) is 24.8 Å². The van der Waals surface area contributed by atoms with E-state index < -0.39 is 0 Å². The van der Waals surface area contributed by atoms with Gasteiger partial charge in [0.15, 0.2) is 6.29 Å². The SMILES string of the molecule is c1ccc(COC2CCC[C@H]([C@H]3CO3)O2)cc1. The molecule has 2 saturated heterocycles. The zero-order chi connectivity index (χ0) is 11.5. The summed E-state index contributed by atoms with van der Waals surface area (Å²) in [5.41, 5.74) is 1.20. The highest BCUT2D eigenvalue weighted by atomic mass is 16.7. The monoisotopic (exact) mass is 234 g/mol. The Morgan fingerprint density at radius 3 is 2.71 bits per heavy atom. The fourth-order valence-corrected chi connectivity index (χ4v) is 2.25. The van der Waals surface area contributed by atoms with Crippen molar-refractivity contribution in [2.75, 3.05) is 6.61 Å². The number of hydrogen-bond donors (Lipinski definition) is 0. The number of epoxide rings is 1. The van der Waals surface area contributed by atoms with E-state index in [1.54, 1.807) is 0 Å². The third-order valence-corrected chi connectivity index (χ3v) is 3.31. The molecule has 0 aromatic heterocycles. The fourth-order valence-electron chi connectivity index (χ4n) is 2.25. The first-order valence-electron chi connectivity index (χ1n) is 6.34.